The molecule has 0 saturated heterocycles. The van der Waals surface area contributed by atoms with Gasteiger partial charge in [0.15, 0.2) is 6.29 Å². The van der Waals surface area contributed by atoms with Gasteiger partial charge in [-0.3, -0.25) is 4.79 Å². The molecule has 1 heterocycles. The van der Waals surface area contributed by atoms with Gasteiger partial charge in [-0.1, -0.05) is 18.2 Å². The summed E-state index contributed by atoms with van der Waals surface area (Å²) in [6, 6.07) is 8.00. The quantitative estimate of drug-likeness (QED) is 0.709. The third-order valence-electron chi connectivity index (χ3n) is 1.79. The van der Waals surface area contributed by atoms with Gasteiger partial charge in [0.1, 0.15) is 11.5 Å². The zero-order valence-electron chi connectivity index (χ0n) is 7.11. The molecule has 70 valence electrons. The number of rotatable bonds is 2. The van der Waals surface area contributed by atoms with Crippen molar-refractivity contribution in [2.24, 2.45) is 0 Å². The van der Waals surface area contributed by atoms with Gasteiger partial charge in [0.2, 0.25) is 0 Å². The van der Waals surface area contributed by atoms with E-state index in [0.29, 0.717) is 22.4 Å². The standard InChI is InChI=1S/C10H6FNOS/c11-9-4-2-1-3-8(9)10-5-7(6-13)12-14-10/h1-6H. The van der Waals surface area contributed by atoms with Crippen LogP contribution in [-0.4, -0.2) is 10.7 Å². The number of carbonyl (C=O) groups is 1. The molecule has 0 aliphatic rings. The Hall–Kier alpha value is -1.55. The molecule has 0 fully saturated rings. The Morgan fingerprint density at radius 2 is 2.14 bits per heavy atom. The molecule has 0 radical (unpaired) electrons. The number of benzene rings is 1. The molecule has 1 aromatic carbocycles. The van der Waals surface area contributed by atoms with Crippen molar-refractivity contribution >= 4 is 17.8 Å². The molecule has 0 aliphatic heterocycles. The third kappa shape index (κ3) is 1.56. The summed E-state index contributed by atoms with van der Waals surface area (Å²) in [6.07, 6.45) is 0.654. The second kappa shape index (κ2) is 3.67. The number of hydrogen-bond donors (Lipinski definition) is 0. The van der Waals surface area contributed by atoms with E-state index < -0.39 is 0 Å². The van der Waals surface area contributed by atoms with Gasteiger partial charge in [-0.25, -0.2) is 4.39 Å². The van der Waals surface area contributed by atoms with Gasteiger partial charge in [0, 0.05) is 5.56 Å². The highest BCUT2D eigenvalue weighted by Crippen LogP contribution is 2.26. The van der Waals surface area contributed by atoms with Crippen molar-refractivity contribution in [1.82, 2.24) is 4.37 Å². The lowest BCUT2D eigenvalue weighted by Gasteiger charge is -1.96. The van der Waals surface area contributed by atoms with Crippen LogP contribution in [-0.2, 0) is 0 Å². The number of nitrogens with zero attached hydrogens (tertiary/aromatic N) is 1. The molecule has 0 saturated carbocycles. The predicted octanol–water partition coefficient (Wildman–Crippen LogP) is 2.76. The first-order valence-corrected chi connectivity index (χ1v) is 4.75. The summed E-state index contributed by atoms with van der Waals surface area (Å²) >= 11 is 1.12. The van der Waals surface area contributed by atoms with Crippen molar-refractivity contribution < 1.29 is 9.18 Å². The van der Waals surface area contributed by atoms with Crippen LogP contribution in [0.15, 0.2) is 30.3 Å². The number of aldehydes is 1. The molecule has 0 spiro atoms. The van der Waals surface area contributed by atoms with Gasteiger partial charge in [0.05, 0.1) is 4.88 Å². The van der Waals surface area contributed by atoms with Crippen molar-refractivity contribution in [3.63, 3.8) is 0 Å². The molecule has 2 rings (SSSR count). The van der Waals surface area contributed by atoms with Crippen LogP contribution >= 0.6 is 11.5 Å². The molecular weight excluding hydrogens is 201 g/mol. The molecule has 0 bridgehead atoms. The fraction of sp³-hybridized carbons (Fsp3) is 0. The van der Waals surface area contributed by atoms with Crippen molar-refractivity contribution in [3.05, 3.63) is 41.8 Å². The average molecular weight is 207 g/mol. The first-order valence-electron chi connectivity index (χ1n) is 3.98. The van der Waals surface area contributed by atoms with E-state index in [0.717, 1.165) is 11.5 Å². The second-order valence-corrected chi connectivity index (χ2v) is 3.52. The summed E-state index contributed by atoms with van der Waals surface area (Å²) in [4.78, 5) is 11.1. The van der Waals surface area contributed by atoms with E-state index in [1.54, 1.807) is 24.3 Å². The van der Waals surface area contributed by atoms with Crippen molar-refractivity contribution in [2.45, 2.75) is 0 Å². The lowest BCUT2D eigenvalue weighted by Crippen LogP contribution is -1.79. The number of hydrogen-bond acceptors (Lipinski definition) is 3. The van der Waals surface area contributed by atoms with Gasteiger partial charge in [0.25, 0.3) is 0 Å². The summed E-state index contributed by atoms with van der Waals surface area (Å²) in [5, 5.41) is 0. The van der Waals surface area contributed by atoms with Crippen LogP contribution in [0.5, 0.6) is 0 Å². The minimum atomic E-state index is -0.298. The number of carbonyl (C=O) groups excluding carboxylic acids is 1. The van der Waals surface area contributed by atoms with Gasteiger partial charge in [-0.2, -0.15) is 4.37 Å². The Labute approximate surface area is 84.2 Å². The number of aromatic nitrogens is 1. The summed E-state index contributed by atoms with van der Waals surface area (Å²) in [5.41, 5.74) is 0.825. The average Bonchev–Trinajstić information content (AvgIpc) is 2.67. The van der Waals surface area contributed by atoms with Crippen LogP contribution in [0.2, 0.25) is 0 Å². The summed E-state index contributed by atoms with van der Waals surface area (Å²) in [6.45, 7) is 0. The van der Waals surface area contributed by atoms with Crippen LogP contribution < -0.4 is 0 Å². The van der Waals surface area contributed by atoms with E-state index in [-0.39, 0.29) is 5.82 Å². The Morgan fingerprint density at radius 3 is 2.79 bits per heavy atom. The molecule has 1 aromatic heterocycles. The van der Waals surface area contributed by atoms with Crippen LogP contribution in [0, 0.1) is 5.82 Å². The van der Waals surface area contributed by atoms with Crippen LogP contribution in [0.25, 0.3) is 10.4 Å². The van der Waals surface area contributed by atoms with E-state index in [9.17, 15) is 9.18 Å². The van der Waals surface area contributed by atoms with Gasteiger partial charge in [-0.05, 0) is 23.7 Å². The van der Waals surface area contributed by atoms with E-state index in [4.69, 9.17) is 0 Å². The first kappa shape index (κ1) is 9.02. The maximum Gasteiger partial charge on any atom is 0.169 e. The van der Waals surface area contributed by atoms with E-state index in [1.165, 1.54) is 6.07 Å². The van der Waals surface area contributed by atoms with E-state index in [2.05, 4.69) is 4.37 Å². The normalized spacial score (nSPS) is 10.1. The van der Waals surface area contributed by atoms with Crippen molar-refractivity contribution in [1.29, 1.82) is 0 Å². The molecule has 0 unspecified atom stereocenters. The van der Waals surface area contributed by atoms with E-state index >= 15 is 0 Å². The second-order valence-electron chi connectivity index (χ2n) is 2.71. The molecule has 2 aromatic rings. The summed E-state index contributed by atoms with van der Waals surface area (Å²) in [5.74, 6) is -0.298. The molecule has 14 heavy (non-hydrogen) atoms. The molecule has 2 nitrogen and oxygen atoms in total. The number of halogens is 1. The van der Waals surface area contributed by atoms with Crippen LogP contribution in [0.3, 0.4) is 0 Å². The Morgan fingerprint density at radius 1 is 1.36 bits per heavy atom. The Kier molecular flexibility index (Phi) is 2.37. The fourth-order valence-corrected chi connectivity index (χ4v) is 1.87. The topological polar surface area (TPSA) is 30.0 Å². The molecule has 0 N–H and O–H groups in total. The maximum atomic E-state index is 13.3. The minimum absolute atomic E-state index is 0.298. The molecule has 4 heteroatoms. The largest absolute Gasteiger partial charge is 0.296 e. The molecular formula is C10H6FNOS. The van der Waals surface area contributed by atoms with E-state index in [1.807, 2.05) is 0 Å². The fourth-order valence-electron chi connectivity index (χ4n) is 1.13. The van der Waals surface area contributed by atoms with Crippen LogP contribution in [0.1, 0.15) is 10.5 Å². The highest BCUT2D eigenvalue weighted by molar-refractivity contribution is 7.09. The monoisotopic (exact) mass is 207 g/mol. The lowest BCUT2D eigenvalue weighted by atomic mass is 10.2. The predicted molar refractivity (Wildman–Crippen MR) is 52.9 cm³/mol. The van der Waals surface area contributed by atoms with Gasteiger partial charge < -0.3 is 0 Å². The highest BCUT2D eigenvalue weighted by atomic mass is 32.1. The van der Waals surface area contributed by atoms with Crippen molar-refractivity contribution in [3.8, 4) is 10.4 Å². The minimum Gasteiger partial charge on any atom is -0.296 e. The molecule has 0 atom stereocenters. The third-order valence-corrected chi connectivity index (χ3v) is 2.63. The maximum absolute atomic E-state index is 13.3. The highest BCUT2D eigenvalue weighted by Gasteiger charge is 2.07. The van der Waals surface area contributed by atoms with Crippen molar-refractivity contribution in [2.75, 3.05) is 0 Å². The lowest BCUT2D eigenvalue weighted by molar-refractivity contribution is 0.112. The zero-order valence-corrected chi connectivity index (χ0v) is 7.92. The Bertz CT molecular complexity index is 467. The zero-order chi connectivity index (χ0) is 9.97. The SMILES string of the molecule is O=Cc1cc(-c2ccccc2F)sn1. The van der Waals surface area contributed by atoms with Crippen LogP contribution in [0.4, 0.5) is 4.39 Å². The molecule has 0 aliphatic carbocycles. The smallest absolute Gasteiger partial charge is 0.169 e. The Balaban J connectivity index is 2.49. The van der Waals surface area contributed by atoms with Gasteiger partial charge >= 0.3 is 0 Å². The first-order chi connectivity index (χ1) is 6.81. The molecule has 0 amide bonds. The summed E-state index contributed by atoms with van der Waals surface area (Å²) < 4.78 is 17.1. The summed E-state index contributed by atoms with van der Waals surface area (Å²) in [7, 11) is 0. The van der Waals surface area contributed by atoms with Gasteiger partial charge in [-0.15, -0.1) is 0 Å².